The quantitative estimate of drug-likeness (QED) is 0.577. The SMILES string of the molecule is CCC1=NC2=C(C)C(C)C=CC2=C1. The fourth-order valence-electron chi connectivity index (χ4n) is 1.72. The molecule has 68 valence electrons. The highest BCUT2D eigenvalue weighted by Crippen LogP contribution is 2.32. The number of fused-ring (bicyclic) bond motifs is 1. The van der Waals surface area contributed by atoms with E-state index in [0.29, 0.717) is 5.92 Å². The molecule has 0 N–H and O–H groups in total. The second-order valence-electron chi connectivity index (χ2n) is 3.74. The van der Waals surface area contributed by atoms with Gasteiger partial charge in [-0.1, -0.05) is 26.0 Å². The zero-order chi connectivity index (χ0) is 9.42. The molecule has 2 aliphatic rings. The third-order valence-corrected chi connectivity index (χ3v) is 2.83. The van der Waals surface area contributed by atoms with Gasteiger partial charge >= 0.3 is 0 Å². The lowest BCUT2D eigenvalue weighted by Gasteiger charge is -2.15. The lowest BCUT2D eigenvalue weighted by Crippen LogP contribution is -2.01. The topological polar surface area (TPSA) is 12.4 Å². The van der Waals surface area contributed by atoms with E-state index in [1.807, 2.05) is 0 Å². The molecule has 1 nitrogen and oxygen atoms in total. The Bertz CT molecular complexity index is 353. The Morgan fingerprint density at radius 1 is 1.46 bits per heavy atom. The standard InChI is InChI=1S/C12H15N/c1-4-11-7-10-6-5-8(2)9(3)12(10)13-11/h5-8H,4H2,1-3H3. The molecule has 0 saturated carbocycles. The normalized spacial score (nSPS) is 25.9. The van der Waals surface area contributed by atoms with Gasteiger partial charge in [0.1, 0.15) is 0 Å². The van der Waals surface area contributed by atoms with E-state index < -0.39 is 0 Å². The third kappa shape index (κ3) is 1.28. The Hall–Kier alpha value is -1.11. The van der Waals surface area contributed by atoms with Crippen LogP contribution in [0.5, 0.6) is 0 Å². The molecule has 0 aromatic carbocycles. The van der Waals surface area contributed by atoms with E-state index in [4.69, 9.17) is 0 Å². The summed E-state index contributed by atoms with van der Waals surface area (Å²) in [5, 5.41) is 0. The Morgan fingerprint density at radius 3 is 2.92 bits per heavy atom. The van der Waals surface area contributed by atoms with E-state index in [0.717, 1.165) is 6.42 Å². The van der Waals surface area contributed by atoms with Crippen molar-refractivity contribution in [3.05, 3.63) is 35.1 Å². The molecule has 1 aliphatic carbocycles. The van der Waals surface area contributed by atoms with Crippen LogP contribution in [-0.4, -0.2) is 5.71 Å². The van der Waals surface area contributed by atoms with Gasteiger partial charge in [-0.05, 0) is 30.9 Å². The molecule has 0 saturated heterocycles. The lowest BCUT2D eigenvalue weighted by molar-refractivity contribution is 0.833. The van der Waals surface area contributed by atoms with Crippen molar-refractivity contribution >= 4 is 5.71 Å². The summed E-state index contributed by atoms with van der Waals surface area (Å²) < 4.78 is 0. The Morgan fingerprint density at radius 2 is 2.23 bits per heavy atom. The predicted molar refractivity (Wildman–Crippen MR) is 56.8 cm³/mol. The molecule has 0 radical (unpaired) electrons. The van der Waals surface area contributed by atoms with E-state index in [1.165, 1.54) is 22.6 Å². The molecular formula is C12H15N. The Balaban J connectivity index is 2.45. The van der Waals surface area contributed by atoms with Crippen LogP contribution in [0.4, 0.5) is 0 Å². The van der Waals surface area contributed by atoms with Crippen LogP contribution in [0.3, 0.4) is 0 Å². The van der Waals surface area contributed by atoms with Gasteiger partial charge in [-0.3, -0.25) is 4.99 Å². The van der Waals surface area contributed by atoms with Crippen molar-refractivity contribution in [2.75, 3.05) is 0 Å². The zero-order valence-electron chi connectivity index (χ0n) is 8.46. The highest BCUT2D eigenvalue weighted by atomic mass is 14.8. The maximum absolute atomic E-state index is 4.61. The largest absolute Gasteiger partial charge is 0.253 e. The van der Waals surface area contributed by atoms with E-state index in [1.54, 1.807) is 0 Å². The number of nitrogens with zero attached hydrogens (tertiary/aromatic N) is 1. The number of aliphatic imine (C=N–C) groups is 1. The summed E-state index contributed by atoms with van der Waals surface area (Å²) in [6.45, 7) is 6.55. The third-order valence-electron chi connectivity index (χ3n) is 2.83. The van der Waals surface area contributed by atoms with Gasteiger partial charge in [0.05, 0.1) is 5.70 Å². The second-order valence-corrected chi connectivity index (χ2v) is 3.74. The Kier molecular flexibility index (Phi) is 1.95. The number of hydrogen-bond donors (Lipinski definition) is 0. The highest BCUT2D eigenvalue weighted by Gasteiger charge is 2.19. The van der Waals surface area contributed by atoms with Crippen molar-refractivity contribution in [3.8, 4) is 0 Å². The summed E-state index contributed by atoms with van der Waals surface area (Å²) in [5.41, 5.74) is 5.12. The zero-order valence-corrected chi connectivity index (χ0v) is 8.46. The molecule has 0 aromatic heterocycles. The number of allylic oxidation sites excluding steroid dienone is 4. The monoisotopic (exact) mass is 173 g/mol. The lowest BCUT2D eigenvalue weighted by atomic mass is 9.92. The maximum Gasteiger partial charge on any atom is 0.0700 e. The van der Waals surface area contributed by atoms with E-state index >= 15 is 0 Å². The van der Waals surface area contributed by atoms with E-state index in [2.05, 4.69) is 44.0 Å². The van der Waals surface area contributed by atoms with Crippen molar-refractivity contribution in [3.63, 3.8) is 0 Å². The molecule has 13 heavy (non-hydrogen) atoms. The molecule has 0 fully saturated rings. The van der Waals surface area contributed by atoms with Gasteiger partial charge < -0.3 is 0 Å². The summed E-state index contributed by atoms with van der Waals surface area (Å²) in [4.78, 5) is 4.61. The summed E-state index contributed by atoms with van der Waals surface area (Å²) in [7, 11) is 0. The van der Waals surface area contributed by atoms with Crippen LogP contribution >= 0.6 is 0 Å². The summed E-state index contributed by atoms with van der Waals surface area (Å²) in [6, 6.07) is 0. The smallest absolute Gasteiger partial charge is 0.0700 e. The fraction of sp³-hybridized carbons (Fsp3) is 0.417. The first-order chi connectivity index (χ1) is 6.22. The van der Waals surface area contributed by atoms with Crippen LogP contribution in [0.25, 0.3) is 0 Å². The first-order valence-corrected chi connectivity index (χ1v) is 4.91. The molecule has 1 heteroatoms. The predicted octanol–water partition coefficient (Wildman–Crippen LogP) is 3.26. The van der Waals surface area contributed by atoms with E-state index in [9.17, 15) is 0 Å². The average Bonchev–Trinajstić information content (AvgIpc) is 2.55. The van der Waals surface area contributed by atoms with Gasteiger partial charge in [-0.15, -0.1) is 0 Å². The van der Waals surface area contributed by atoms with Crippen LogP contribution in [0.15, 0.2) is 40.1 Å². The second kappa shape index (κ2) is 2.99. The number of hydrogen-bond acceptors (Lipinski definition) is 1. The van der Waals surface area contributed by atoms with Gasteiger partial charge in [0.25, 0.3) is 0 Å². The van der Waals surface area contributed by atoms with Gasteiger partial charge in [-0.25, -0.2) is 0 Å². The van der Waals surface area contributed by atoms with Crippen molar-refractivity contribution in [2.24, 2.45) is 10.9 Å². The van der Waals surface area contributed by atoms with Crippen molar-refractivity contribution < 1.29 is 0 Å². The van der Waals surface area contributed by atoms with Gasteiger partial charge in [0, 0.05) is 11.3 Å². The summed E-state index contributed by atoms with van der Waals surface area (Å²) in [6.07, 6.45) is 7.67. The van der Waals surface area contributed by atoms with Crippen molar-refractivity contribution in [2.45, 2.75) is 27.2 Å². The minimum Gasteiger partial charge on any atom is -0.253 e. The molecule has 0 spiro atoms. The van der Waals surface area contributed by atoms with Gasteiger partial charge in [-0.2, -0.15) is 0 Å². The minimum atomic E-state index is 0.548. The van der Waals surface area contributed by atoms with Crippen molar-refractivity contribution in [1.82, 2.24) is 0 Å². The van der Waals surface area contributed by atoms with E-state index in [-0.39, 0.29) is 0 Å². The molecule has 1 aliphatic heterocycles. The first-order valence-electron chi connectivity index (χ1n) is 4.91. The van der Waals surface area contributed by atoms with Crippen LogP contribution in [-0.2, 0) is 0 Å². The molecule has 0 amide bonds. The molecule has 1 atom stereocenters. The molecule has 1 unspecified atom stereocenters. The van der Waals surface area contributed by atoms with Gasteiger partial charge in [0.2, 0.25) is 0 Å². The summed E-state index contributed by atoms with van der Waals surface area (Å²) >= 11 is 0. The molecule has 0 aromatic rings. The molecule has 2 rings (SSSR count). The van der Waals surface area contributed by atoms with Crippen LogP contribution in [0.2, 0.25) is 0 Å². The Labute approximate surface area is 79.6 Å². The molecule has 1 heterocycles. The van der Waals surface area contributed by atoms with Gasteiger partial charge in [0.15, 0.2) is 0 Å². The number of rotatable bonds is 1. The highest BCUT2D eigenvalue weighted by molar-refractivity contribution is 6.00. The minimum absolute atomic E-state index is 0.548. The van der Waals surface area contributed by atoms with Crippen LogP contribution in [0.1, 0.15) is 27.2 Å². The van der Waals surface area contributed by atoms with Crippen LogP contribution < -0.4 is 0 Å². The van der Waals surface area contributed by atoms with Crippen LogP contribution in [0, 0.1) is 5.92 Å². The molecular weight excluding hydrogens is 158 g/mol. The summed E-state index contributed by atoms with van der Waals surface area (Å²) in [5.74, 6) is 0.548. The fourth-order valence-corrected chi connectivity index (χ4v) is 1.72. The maximum atomic E-state index is 4.61. The first kappa shape index (κ1) is 8.49. The van der Waals surface area contributed by atoms with Crippen molar-refractivity contribution in [1.29, 1.82) is 0 Å². The molecule has 0 bridgehead atoms. The average molecular weight is 173 g/mol.